The number of aromatic hydroxyl groups is 1. The molecular formula is C16H13N3O2S. The second-order valence-corrected chi connectivity index (χ2v) is 5.67. The molecule has 0 spiro atoms. The van der Waals surface area contributed by atoms with Crippen molar-refractivity contribution in [2.75, 3.05) is 0 Å². The molecule has 0 atom stereocenters. The Morgan fingerprint density at radius 3 is 2.68 bits per heavy atom. The third-order valence-electron chi connectivity index (χ3n) is 3.08. The van der Waals surface area contributed by atoms with Crippen molar-refractivity contribution >= 4 is 33.2 Å². The predicted molar refractivity (Wildman–Crippen MR) is 87.4 cm³/mol. The number of carbonyl (C=O) groups excluding carboxylic acids is 1. The number of para-hydroxylation sites is 2. The molecule has 2 aromatic carbocycles. The first kappa shape index (κ1) is 14.2. The van der Waals surface area contributed by atoms with Crippen LogP contribution in [0.4, 0.5) is 0 Å². The summed E-state index contributed by atoms with van der Waals surface area (Å²) in [7, 11) is 0. The van der Waals surface area contributed by atoms with Gasteiger partial charge in [-0.1, -0.05) is 24.3 Å². The van der Waals surface area contributed by atoms with E-state index in [2.05, 4.69) is 15.5 Å². The number of phenols is 1. The Morgan fingerprint density at radius 2 is 1.91 bits per heavy atom. The molecule has 1 aromatic heterocycles. The van der Waals surface area contributed by atoms with Crippen LogP contribution in [0.1, 0.15) is 22.3 Å². The Bertz CT molecular complexity index is 837. The molecule has 0 aliphatic heterocycles. The van der Waals surface area contributed by atoms with Crippen molar-refractivity contribution in [1.82, 2.24) is 10.4 Å². The summed E-state index contributed by atoms with van der Waals surface area (Å²) in [5.41, 5.74) is 4.14. The summed E-state index contributed by atoms with van der Waals surface area (Å²) < 4.78 is 1.07. The zero-order valence-electron chi connectivity index (χ0n) is 11.8. The Balaban J connectivity index is 1.80. The highest BCUT2D eigenvalue weighted by atomic mass is 32.1. The first-order valence-corrected chi connectivity index (χ1v) is 7.45. The van der Waals surface area contributed by atoms with Gasteiger partial charge in [-0.25, -0.2) is 10.4 Å². The third-order valence-corrected chi connectivity index (χ3v) is 4.22. The van der Waals surface area contributed by atoms with Gasteiger partial charge in [0.2, 0.25) is 0 Å². The minimum absolute atomic E-state index is 0.0761. The number of hydrazone groups is 1. The number of amides is 1. The van der Waals surface area contributed by atoms with Gasteiger partial charge >= 0.3 is 0 Å². The maximum absolute atomic E-state index is 12.0. The fourth-order valence-corrected chi connectivity index (χ4v) is 2.85. The number of aromatic nitrogens is 1. The molecule has 0 radical (unpaired) electrons. The molecular weight excluding hydrogens is 298 g/mol. The van der Waals surface area contributed by atoms with Crippen molar-refractivity contribution in [3.8, 4) is 5.75 Å². The molecule has 3 rings (SSSR count). The average molecular weight is 311 g/mol. The molecule has 1 amide bonds. The molecule has 110 valence electrons. The summed E-state index contributed by atoms with van der Waals surface area (Å²) in [5.74, 6) is -0.536. The summed E-state index contributed by atoms with van der Waals surface area (Å²) in [6.45, 7) is 1.78. The van der Waals surface area contributed by atoms with Crippen LogP contribution < -0.4 is 5.43 Å². The number of thiazole rings is 1. The smallest absolute Gasteiger partial charge is 0.275 e. The van der Waals surface area contributed by atoms with Gasteiger partial charge in [0.1, 0.15) is 10.8 Å². The van der Waals surface area contributed by atoms with E-state index in [1.54, 1.807) is 19.1 Å². The zero-order valence-corrected chi connectivity index (χ0v) is 12.6. The van der Waals surface area contributed by atoms with Gasteiger partial charge in [-0.3, -0.25) is 4.79 Å². The highest BCUT2D eigenvalue weighted by molar-refractivity contribution is 7.20. The molecule has 0 aliphatic carbocycles. The molecule has 0 unspecified atom stereocenters. The fourth-order valence-electron chi connectivity index (χ4n) is 1.94. The lowest BCUT2D eigenvalue weighted by atomic mass is 10.2. The van der Waals surface area contributed by atoms with Gasteiger partial charge in [0.05, 0.1) is 21.5 Å². The lowest BCUT2D eigenvalue weighted by Gasteiger charge is -2.02. The molecule has 3 aromatic rings. The van der Waals surface area contributed by atoms with E-state index >= 15 is 0 Å². The average Bonchev–Trinajstić information content (AvgIpc) is 2.97. The number of carbonyl (C=O) groups is 1. The molecule has 0 fully saturated rings. The zero-order chi connectivity index (χ0) is 15.5. The van der Waals surface area contributed by atoms with Gasteiger partial charge in [0.15, 0.2) is 0 Å². The summed E-state index contributed by atoms with van der Waals surface area (Å²) in [4.78, 5) is 16.4. The Labute approximate surface area is 130 Å². The number of nitrogens with one attached hydrogen (secondary N) is 1. The van der Waals surface area contributed by atoms with E-state index in [0.29, 0.717) is 5.71 Å². The van der Waals surface area contributed by atoms with Gasteiger partial charge in [0.25, 0.3) is 5.91 Å². The number of fused-ring (bicyclic) bond motifs is 1. The van der Waals surface area contributed by atoms with Crippen molar-refractivity contribution < 1.29 is 9.90 Å². The summed E-state index contributed by atoms with van der Waals surface area (Å²) in [5, 5.41) is 14.4. The van der Waals surface area contributed by atoms with Crippen LogP contribution in [-0.4, -0.2) is 21.7 Å². The molecule has 22 heavy (non-hydrogen) atoms. The predicted octanol–water partition coefficient (Wildman–Crippen LogP) is 3.16. The van der Waals surface area contributed by atoms with E-state index in [1.807, 2.05) is 24.3 Å². The first-order valence-electron chi connectivity index (χ1n) is 6.64. The van der Waals surface area contributed by atoms with Gasteiger partial charge in [-0.15, -0.1) is 11.3 Å². The van der Waals surface area contributed by atoms with Gasteiger partial charge < -0.3 is 5.11 Å². The monoisotopic (exact) mass is 311 g/mol. The number of benzene rings is 2. The van der Waals surface area contributed by atoms with Crippen LogP contribution in [0, 0.1) is 0 Å². The molecule has 0 saturated carbocycles. The van der Waals surface area contributed by atoms with Crippen molar-refractivity contribution in [2.45, 2.75) is 6.92 Å². The van der Waals surface area contributed by atoms with Crippen LogP contribution in [0.25, 0.3) is 10.2 Å². The standard InChI is InChI=1S/C16H13N3O2S/c1-10(16-17-12-7-3-5-9-14(12)22-16)18-19-15(21)11-6-2-4-8-13(11)20/h2-9,20H,1H3,(H,19,21)/b18-10+. The second-order valence-electron chi connectivity index (χ2n) is 4.64. The van der Waals surface area contributed by atoms with Crippen LogP contribution >= 0.6 is 11.3 Å². The molecule has 0 bridgehead atoms. The molecule has 5 nitrogen and oxygen atoms in total. The number of phenolic OH excluding ortho intramolecular Hbond substituents is 1. The molecule has 6 heteroatoms. The summed E-state index contributed by atoms with van der Waals surface area (Å²) >= 11 is 1.51. The van der Waals surface area contributed by atoms with Gasteiger partial charge in [0, 0.05) is 0 Å². The van der Waals surface area contributed by atoms with Crippen LogP contribution in [0.3, 0.4) is 0 Å². The summed E-state index contributed by atoms with van der Waals surface area (Å²) in [6.07, 6.45) is 0. The molecule has 0 aliphatic rings. The number of hydrogen-bond donors (Lipinski definition) is 2. The van der Waals surface area contributed by atoms with Gasteiger partial charge in [-0.05, 0) is 31.2 Å². The van der Waals surface area contributed by atoms with Crippen molar-refractivity contribution in [3.63, 3.8) is 0 Å². The van der Waals surface area contributed by atoms with E-state index in [-0.39, 0.29) is 11.3 Å². The topological polar surface area (TPSA) is 74.6 Å². The Morgan fingerprint density at radius 1 is 1.18 bits per heavy atom. The SMILES string of the molecule is C/C(=N\NC(=O)c1ccccc1O)c1nc2ccccc2s1. The maximum atomic E-state index is 12.0. The van der Waals surface area contributed by atoms with E-state index < -0.39 is 5.91 Å². The van der Waals surface area contributed by atoms with E-state index in [9.17, 15) is 9.90 Å². The van der Waals surface area contributed by atoms with Gasteiger partial charge in [-0.2, -0.15) is 5.10 Å². The minimum Gasteiger partial charge on any atom is -0.507 e. The Kier molecular flexibility index (Phi) is 3.84. The number of rotatable bonds is 3. The Hall–Kier alpha value is -2.73. The number of nitrogens with zero attached hydrogens (tertiary/aromatic N) is 2. The fraction of sp³-hybridized carbons (Fsp3) is 0.0625. The first-order chi connectivity index (χ1) is 10.6. The number of hydrogen-bond acceptors (Lipinski definition) is 5. The van der Waals surface area contributed by atoms with E-state index in [4.69, 9.17) is 0 Å². The maximum Gasteiger partial charge on any atom is 0.275 e. The van der Waals surface area contributed by atoms with Crippen molar-refractivity contribution in [1.29, 1.82) is 0 Å². The third kappa shape index (κ3) is 2.82. The molecule has 0 saturated heterocycles. The minimum atomic E-state index is -0.460. The second kappa shape index (κ2) is 5.95. The molecule has 1 heterocycles. The van der Waals surface area contributed by atoms with Crippen molar-refractivity contribution in [2.24, 2.45) is 5.10 Å². The van der Waals surface area contributed by atoms with Crippen LogP contribution in [0.15, 0.2) is 53.6 Å². The summed E-state index contributed by atoms with van der Waals surface area (Å²) in [6, 6.07) is 14.1. The largest absolute Gasteiger partial charge is 0.507 e. The quantitative estimate of drug-likeness (QED) is 0.576. The molecule has 2 N–H and O–H groups in total. The highest BCUT2D eigenvalue weighted by Gasteiger charge is 2.10. The lowest BCUT2D eigenvalue weighted by Crippen LogP contribution is -2.19. The lowest BCUT2D eigenvalue weighted by molar-refractivity contribution is 0.0952. The van der Waals surface area contributed by atoms with Crippen molar-refractivity contribution in [3.05, 3.63) is 59.1 Å². The highest BCUT2D eigenvalue weighted by Crippen LogP contribution is 2.22. The normalized spacial score (nSPS) is 11.6. The van der Waals surface area contributed by atoms with Crippen LogP contribution in [-0.2, 0) is 0 Å². The van der Waals surface area contributed by atoms with Crippen LogP contribution in [0.2, 0.25) is 0 Å². The van der Waals surface area contributed by atoms with E-state index in [0.717, 1.165) is 15.2 Å². The van der Waals surface area contributed by atoms with E-state index in [1.165, 1.54) is 23.5 Å². The van der Waals surface area contributed by atoms with Crippen LogP contribution in [0.5, 0.6) is 5.75 Å².